The molecule has 0 radical (unpaired) electrons. The molecule has 0 unspecified atom stereocenters. The number of nitrogens with zero attached hydrogens (tertiary/aromatic N) is 1. The summed E-state index contributed by atoms with van der Waals surface area (Å²) in [4.78, 5) is 15.6. The first kappa shape index (κ1) is 14.5. The van der Waals surface area contributed by atoms with Gasteiger partial charge in [-0.25, -0.2) is 13.1 Å². The maximum absolute atomic E-state index is 12.2. The quantitative estimate of drug-likeness (QED) is 0.909. The van der Waals surface area contributed by atoms with Crippen LogP contribution < -0.4 is 4.72 Å². The maximum Gasteiger partial charge on any atom is 0.263 e. The second kappa shape index (κ2) is 5.60. The number of hydrogen-bond acceptors (Lipinski definition) is 4. The lowest BCUT2D eigenvalue weighted by molar-refractivity contribution is 0.0798. The average Bonchev–Trinajstić information content (AvgIpc) is 2.96. The predicted octanol–water partition coefficient (Wildman–Crippen LogP) is 1.21. The highest BCUT2D eigenvalue weighted by molar-refractivity contribution is 7.90. The fourth-order valence-corrected chi connectivity index (χ4v) is 4.46. The van der Waals surface area contributed by atoms with E-state index in [1.165, 1.54) is 11.3 Å². The van der Waals surface area contributed by atoms with Gasteiger partial charge in [0, 0.05) is 24.5 Å². The molecule has 0 aromatic carbocycles. The summed E-state index contributed by atoms with van der Waals surface area (Å²) in [7, 11) is -3.29. The van der Waals surface area contributed by atoms with Gasteiger partial charge in [0.1, 0.15) is 0 Å². The third-order valence-electron chi connectivity index (χ3n) is 3.17. The molecule has 1 aliphatic heterocycles. The van der Waals surface area contributed by atoms with E-state index in [-0.39, 0.29) is 12.5 Å². The topological polar surface area (TPSA) is 66.5 Å². The number of sulfonamides is 1. The molecular formula is C12H18N2O3S2. The molecule has 7 heteroatoms. The molecule has 1 fully saturated rings. The summed E-state index contributed by atoms with van der Waals surface area (Å²) in [5.41, 5.74) is 0. The molecule has 1 saturated heterocycles. The molecule has 5 nitrogen and oxygen atoms in total. The SMILES string of the molecule is CCNS(=O)(=O)[C@H]1CCN(C(=O)c2ccc(C)s2)C1. The molecule has 2 rings (SSSR count). The summed E-state index contributed by atoms with van der Waals surface area (Å²) in [5.74, 6) is -0.0627. The summed E-state index contributed by atoms with van der Waals surface area (Å²) in [6.45, 7) is 4.88. The van der Waals surface area contributed by atoms with E-state index in [1.54, 1.807) is 17.9 Å². The molecule has 1 aromatic rings. The third-order valence-corrected chi connectivity index (χ3v) is 6.11. The average molecular weight is 302 g/mol. The number of carbonyl (C=O) groups excluding carboxylic acids is 1. The molecule has 1 aliphatic rings. The van der Waals surface area contributed by atoms with Gasteiger partial charge in [-0.15, -0.1) is 11.3 Å². The van der Waals surface area contributed by atoms with Crippen LogP contribution in [0.1, 0.15) is 27.9 Å². The molecule has 19 heavy (non-hydrogen) atoms. The minimum Gasteiger partial charge on any atom is -0.337 e. The zero-order chi connectivity index (χ0) is 14.0. The van der Waals surface area contributed by atoms with Crippen molar-refractivity contribution >= 4 is 27.3 Å². The van der Waals surface area contributed by atoms with E-state index in [0.29, 0.717) is 24.4 Å². The van der Waals surface area contributed by atoms with Crippen LogP contribution in [0, 0.1) is 6.92 Å². The van der Waals surface area contributed by atoms with Gasteiger partial charge in [0.2, 0.25) is 10.0 Å². The number of nitrogens with one attached hydrogen (secondary N) is 1. The standard InChI is InChI=1S/C12H18N2O3S2/c1-3-13-19(16,17)10-6-7-14(8-10)12(15)11-5-4-9(2)18-11/h4-5,10,13H,3,6-8H2,1-2H3/t10-/m0/s1. The summed E-state index contributed by atoms with van der Waals surface area (Å²) >= 11 is 1.45. The van der Waals surface area contributed by atoms with Crippen molar-refractivity contribution in [1.82, 2.24) is 9.62 Å². The first-order valence-corrected chi connectivity index (χ1v) is 8.64. The van der Waals surface area contributed by atoms with Crippen LogP contribution in [0.3, 0.4) is 0 Å². The van der Waals surface area contributed by atoms with Crippen molar-refractivity contribution in [3.8, 4) is 0 Å². The summed E-state index contributed by atoms with van der Waals surface area (Å²) in [6.07, 6.45) is 0.505. The van der Waals surface area contributed by atoms with Crippen molar-refractivity contribution in [2.75, 3.05) is 19.6 Å². The van der Waals surface area contributed by atoms with Crippen LogP contribution in [0.4, 0.5) is 0 Å². The van der Waals surface area contributed by atoms with Gasteiger partial charge in [0.15, 0.2) is 0 Å². The van der Waals surface area contributed by atoms with Crippen molar-refractivity contribution in [3.05, 3.63) is 21.9 Å². The Morgan fingerprint density at radius 2 is 2.26 bits per heavy atom. The van der Waals surface area contributed by atoms with Crippen LogP contribution in [-0.2, 0) is 10.0 Å². The Morgan fingerprint density at radius 3 is 2.84 bits per heavy atom. The van der Waals surface area contributed by atoms with Gasteiger partial charge < -0.3 is 4.90 Å². The smallest absolute Gasteiger partial charge is 0.263 e. The van der Waals surface area contributed by atoms with Gasteiger partial charge >= 0.3 is 0 Å². The third kappa shape index (κ3) is 3.16. The van der Waals surface area contributed by atoms with E-state index in [4.69, 9.17) is 0 Å². The fourth-order valence-electron chi connectivity index (χ4n) is 2.19. The van der Waals surface area contributed by atoms with Crippen molar-refractivity contribution in [2.45, 2.75) is 25.5 Å². The first-order valence-electron chi connectivity index (χ1n) is 6.28. The van der Waals surface area contributed by atoms with Crippen molar-refractivity contribution < 1.29 is 13.2 Å². The van der Waals surface area contributed by atoms with Gasteiger partial charge in [-0.3, -0.25) is 4.79 Å². The molecule has 0 spiro atoms. The zero-order valence-corrected chi connectivity index (χ0v) is 12.7. The molecule has 0 aliphatic carbocycles. The fraction of sp³-hybridized carbons (Fsp3) is 0.583. The van der Waals surface area contributed by atoms with Crippen molar-refractivity contribution in [3.63, 3.8) is 0 Å². The van der Waals surface area contributed by atoms with Gasteiger partial charge in [-0.05, 0) is 25.5 Å². The molecule has 106 valence electrons. The number of aryl methyl sites for hydroxylation is 1. The minimum absolute atomic E-state index is 0.0627. The zero-order valence-electron chi connectivity index (χ0n) is 11.0. The Morgan fingerprint density at radius 1 is 1.53 bits per heavy atom. The normalized spacial score (nSPS) is 19.9. The van der Waals surface area contributed by atoms with Gasteiger partial charge in [-0.2, -0.15) is 0 Å². The molecule has 1 aromatic heterocycles. The Labute approximate surface area is 117 Å². The van der Waals surface area contributed by atoms with Crippen LogP contribution >= 0.6 is 11.3 Å². The van der Waals surface area contributed by atoms with E-state index < -0.39 is 15.3 Å². The molecular weight excluding hydrogens is 284 g/mol. The Bertz CT molecular complexity index is 565. The highest BCUT2D eigenvalue weighted by Crippen LogP contribution is 2.22. The molecule has 1 amide bonds. The monoisotopic (exact) mass is 302 g/mol. The highest BCUT2D eigenvalue weighted by Gasteiger charge is 2.35. The number of hydrogen-bond donors (Lipinski definition) is 1. The number of likely N-dealkylation sites (tertiary alicyclic amines) is 1. The van der Waals surface area contributed by atoms with Crippen LogP contribution in [0.2, 0.25) is 0 Å². The van der Waals surface area contributed by atoms with Gasteiger partial charge in [0.25, 0.3) is 5.91 Å². The summed E-state index contributed by atoms with van der Waals surface area (Å²) in [5, 5.41) is -0.488. The van der Waals surface area contributed by atoms with E-state index in [9.17, 15) is 13.2 Å². The number of thiophene rings is 1. The van der Waals surface area contributed by atoms with Crippen LogP contribution in [0.5, 0.6) is 0 Å². The number of amides is 1. The lowest BCUT2D eigenvalue weighted by Crippen LogP contribution is -2.37. The van der Waals surface area contributed by atoms with Crippen molar-refractivity contribution in [1.29, 1.82) is 0 Å². The molecule has 1 N–H and O–H groups in total. The first-order chi connectivity index (χ1) is 8.94. The summed E-state index contributed by atoms with van der Waals surface area (Å²) in [6, 6.07) is 3.70. The summed E-state index contributed by atoms with van der Waals surface area (Å²) < 4.78 is 26.3. The largest absolute Gasteiger partial charge is 0.337 e. The maximum atomic E-state index is 12.2. The molecule has 1 atom stereocenters. The van der Waals surface area contributed by atoms with Gasteiger partial charge in [0.05, 0.1) is 10.1 Å². The number of carbonyl (C=O) groups is 1. The lowest BCUT2D eigenvalue weighted by atomic mass is 10.4. The van der Waals surface area contributed by atoms with E-state index >= 15 is 0 Å². The molecule has 2 heterocycles. The number of rotatable bonds is 4. The van der Waals surface area contributed by atoms with E-state index in [2.05, 4.69) is 4.72 Å². The van der Waals surface area contributed by atoms with Crippen LogP contribution in [0.15, 0.2) is 12.1 Å². The second-order valence-electron chi connectivity index (χ2n) is 4.62. The van der Waals surface area contributed by atoms with E-state index in [1.807, 2.05) is 13.0 Å². The van der Waals surface area contributed by atoms with Crippen LogP contribution in [0.25, 0.3) is 0 Å². The Hall–Kier alpha value is -0.920. The Kier molecular flexibility index (Phi) is 4.27. The lowest BCUT2D eigenvalue weighted by Gasteiger charge is -2.15. The van der Waals surface area contributed by atoms with E-state index in [0.717, 1.165) is 4.88 Å². The minimum atomic E-state index is -3.29. The Balaban J connectivity index is 2.04. The van der Waals surface area contributed by atoms with Crippen LogP contribution in [-0.4, -0.2) is 44.1 Å². The van der Waals surface area contributed by atoms with Crippen molar-refractivity contribution in [2.24, 2.45) is 0 Å². The van der Waals surface area contributed by atoms with Gasteiger partial charge in [-0.1, -0.05) is 6.92 Å². The second-order valence-corrected chi connectivity index (χ2v) is 7.95. The molecule has 0 bridgehead atoms. The predicted molar refractivity (Wildman–Crippen MR) is 76.0 cm³/mol. The molecule has 0 saturated carbocycles. The highest BCUT2D eigenvalue weighted by atomic mass is 32.2.